The fourth-order valence-corrected chi connectivity index (χ4v) is 3.88. The molecule has 0 bridgehead atoms. The SMILES string of the molecule is C1CSCCN1.CC(C)(C)OC(=O)N1CCSCC1.CC(C)(C)OC(=O)OC(=O)OC(C)(C)C. The van der Waals surface area contributed by atoms with E-state index < -0.39 is 23.5 Å². The molecule has 0 aliphatic carbocycles. The summed E-state index contributed by atoms with van der Waals surface area (Å²) in [6, 6.07) is 0. The molecule has 0 aromatic carbocycles. The number of thioether (sulfide) groups is 2. The van der Waals surface area contributed by atoms with Crippen LogP contribution in [0, 0.1) is 0 Å². The van der Waals surface area contributed by atoms with Crippen LogP contribution in [0.5, 0.6) is 0 Å². The average Bonchev–Trinajstić information content (AvgIpc) is 2.66. The number of carbonyl (C=O) groups is 3. The highest BCUT2D eigenvalue weighted by Gasteiger charge is 2.25. The molecule has 0 aromatic heterocycles. The van der Waals surface area contributed by atoms with E-state index in [0.29, 0.717) is 0 Å². The molecule has 1 N–H and O–H groups in total. The third-order valence-corrected chi connectivity index (χ3v) is 5.38. The third kappa shape index (κ3) is 21.2. The van der Waals surface area contributed by atoms with E-state index >= 15 is 0 Å². The maximum Gasteiger partial charge on any atom is 0.519 e. The van der Waals surface area contributed by atoms with Crippen LogP contribution in [0.25, 0.3) is 0 Å². The number of nitrogens with one attached hydrogen (secondary N) is 1. The smallest absolute Gasteiger partial charge is 0.444 e. The van der Waals surface area contributed by atoms with Crippen molar-refractivity contribution in [1.82, 2.24) is 10.2 Å². The topological polar surface area (TPSA) is 103 Å². The molecule has 2 aliphatic heterocycles. The Kier molecular flexibility index (Phi) is 15.0. The molecular formula is C23H44N2O7S2. The minimum Gasteiger partial charge on any atom is -0.444 e. The second-order valence-electron chi connectivity index (χ2n) is 10.5. The van der Waals surface area contributed by atoms with Crippen LogP contribution in [0.2, 0.25) is 0 Å². The maximum atomic E-state index is 11.5. The van der Waals surface area contributed by atoms with Gasteiger partial charge in [0.15, 0.2) is 0 Å². The molecule has 0 aromatic rings. The highest BCUT2D eigenvalue weighted by atomic mass is 32.2. The second-order valence-corrected chi connectivity index (χ2v) is 12.9. The van der Waals surface area contributed by atoms with Gasteiger partial charge in [-0.3, -0.25) is 0 Å². The van der Waals surface area contributed by atoms with Crippen molar-refractivity contribution < 1.29 is 33.3 Å². The molecule has 0 atom stereocenters. The fraction of sp³-hybridized carbons (Fsp3) is 0.870. The Labute approximate surface area is 213 Å². The van der Waals surface area contributed by atoms with Crippen LogP contribution < -0.4 is 5.32 Å². The maximum absolute atomic E-state index is 11.5. The molecule has 2 aliphatic rings. The number of rotatable bonds is 0. The van der Waals surface area contributed by atoms with Gasteiger partial charge in [0.25, 0.3) is 0 Å². The summed E-state index contributed by atoms with van der Waals surface area (Å²) >= 11 is 3.92. The minimum absolute atomic E-state index is 0.173. The molecule has 1 amide bonds. The van der Waals surface area contributed by atoms with E-state index in [9.17, 15) is 14.4 Å². The quantitative estimate of drug-likeness (QED) is 0.259. The molecule has 0 spiro atoms. The summed E-state index contributed by atoms with van der Waals surface area (Å²) in [4.78, 5) is 35.3. The fourth-order valence-electron chi connectivity index (χ4n) is 2.20. The first-order chi connectivity index (χ1) is 15.5. The number of nitrogens with zero attached hydrogens (tertiary/aromatic N) is 1. The first kappa shape index (κ1) is 32.7. The summed E-state index contributed by atoms with van der Waals surface area (Å²) in [5.41, 5.74) is -1.76. The van der Waals surface area contributed by atoms with Gasteiger partial charge in [0.1, 0.15) is 16.8 Å². The van der Waals surface area contributed by atoms with E-state index in [-0.39, 0.29) is 11.7 Å². The van der Waals surface area contributed by atoms with E-state index in [2.05, 4.69) is 10.1 Å². The predicted octanol–water partition coefficient (Wildman–Crippen LogP) is 5.17. The van der Waals surface area contributed by atoms with Crippen LogP contribution in [0.4, 0.5) is 14.4 Å². The van der Waals surface area contributed by atoms with Gasteiger partial charge in [-0.1, -0.05) is 0 Å². The van der Waals surface area contributed by atoms with Crippen molar-refractivity contribution in [1.29, 1.82) is 0 Å². The lowest BCUT2D eigenvalue weighted by Crippen LogP contribution is -2.41. The van der Waals surface area contributed by atoms with Gasteiger partial charge in [-0.25, -0.2) is 14.4 Å². The standard InChI is InChI=1S/C10H18O5.C9H17NO2S.C4H9NS/c1-9(2,3)14-7(11)13-8(12)15-10(4,5)6;1-9(2,3)12-8(11)10-4-6-13-7-5-10;1-3-6-4-2-5-1/h1-6H3;4-7H2,1-3H3;5H,1-4H2. The number of hydrogen-bond acceptors (Lipinski definition) is 10. The van der Waals surface area contributed by atoms with Crippen molar-refractivity contribution in [3.8, 4) is 0 Å². The van der Waals surface area contributed by atoms with Gasteiger partial charge in [-0.2, -0.15) is 23.5 Å². The summed E-state index contributed by atoms with van der Waals surface area (Å²) in [6.07, 6.45) is -2.29. The lowest BCUT2D eigenvalue weighted by molar-refractivity contribution is -0.0294. The highest BCUT2D eigenvalue weighted by molar-refractivity contribution is 7.99. The minimum atomic E-state index is -1.06. The lowest BCUT2D eigenvalue weighted by Gasteiger charge is -2.29. The van der Waals surface area contributed by atoms with Crippen molar-refractivity contribution in [3.05, 3.63) is 0 Å². The van der Waals surface area contributed by atoms with Crippen LogP contribution in [0.1, 0.15) is 62.3 Å². The predicted molar refractivity (Wildman–Crippen MR) is 139 cm³/mol. The molecule has 2 fully saturated rings. The Morgan fingerprint density at radius 3 is 1.32 bits per heavy atom. The van der Waals surface area contributed by atoms with Crippen molar-refractivity contribution in [3.63, 3.8) is 0 Å². The third-order valence-electron chi connectivity index (χ3n) is 3.45. The van der Waals surface area contributed by atoms with Gasteiger partial charge in [0.2, 0.25) is 0 Å². The zero-order valence-corrected chi connectivity index (χ0v) is 23.9. The molecule has 0 unspecified atom stereocenters. The molecular weight excluding hydrogens is 480 g/mol. The summed E-state index contributed by atoms with van der Waals surface area (Å²) in [5, 5.41) is 3.26. The molecule has 0 radical (unpaired) electrons. The van der Waals surface area contributed by atoms with Crippen LogP contribution in [-0.4, -0.2) is 89.3 Å². The molecule has 9 nitrogen and oxygen atoms in total. The van der Waals surface area contributed by atoms with Gasteiger partial charge in [0, 0.05) is 49.2 Å². The highest BCUT2D eigenvalue weighted by Crippen LogP contribution is 2.14. The normalized spacial score (nSPS) is 16.6. The van der Waals surface area contributed by atoms with E-state index in [1.54, 1.807) is 46.4 Å². The average molecular weight is 525 g/mol. The first-order valence-electron chi connectivity index (χ1n) is 11.5. The zero-order valence-electron chi connectivity index (χ0n) is 22.3. The Hall–Kier alpha value is -1.33. The molecule has 0 saturated carbocycles. The largest absolute Gasteiger partial charge is 0.519 e. The number of ether oxygens (including phenoxy) is 4. The van der Waals surface area contributed by atoms with Gasteiger partial charge in [-0.15, -0.1) is 0 Å². The molecule has 2 rings (SSSR count). The number of amides is 1. The van der Waals surface area contributed by atoms with Gasteiger partial charge >= 0.3 is 18.4 Å². The van der Waals surface area contributed by atoms with Crippen LogP contribution in [-0.2, 0) is 18.9 Å². The van der Waals surface area contributed by atoms with E-state index in [1.807, 2.05) is 44.3 Å². The van der Waals surface area contributed by atoms with E-state index in [1.165, 1.54) is 24.6 Å². The second kappa shape index (κ2) is 15.6. The summed E-state index contributed by atoms with van der Waals surface area (Å²) < 4.78 is 19.1. The number of carbonyl (C=O) groups excluding carboxylic acids is 3. The van der Waals surface area contributed by atoms with Crippen LogP contribution >= 0.6 is 23.5 Å². The van der Waals surface area contributed by atoms with Crippen molar-refractivity contribution in [2.75, 3.05) is 49.2 Å². The molecule has 2 saturated heterocycles. The Morgan fingerprint density at radius 2 is 1.03 bits per heavy atom. The zero-order chi connectivity index (χ0) is 26.4. The molecule has 34 heavy (non-hydrogen) atoms. The van der Waals surface area contributed by atoms with Gasteiger partial charge in [0.05, 0.1) is 0 Å². The van der Waals surface area contributed by atoms with Crippen LogP contribution in [0.3, 0.4) is 0 Å². The Morgan fingerprint density at radius 1 is 0.647 bits per heavy atom. The monoisotopic (exact) mass is 524 g/mol. The summed E-state index contributed by atoms with van der Waals surface area (Å²) in [5.74, 6) is 4.67. The van der Waals surface area contributed by atoms with Crippen molar-refractivity contribution >= 4 is 41.9 Å². The van der Waals surface area contributed by atoms with Gasteiger partial charge in [-0.05, 0) is 62.3 Å². The van der Waals surface area contributed by atoms with Gasteiger partial charge < -0.3 is 29.2 Å². The van der Waals surface area contributed by atoms with E-state index in [0.717, 1.165) is 24.6 Å². The lowest BCUT2D eigenvalue weighted by atomic mass is 10.2. The molecule has 11 heteroatoms. The Bertz CT molecular complexity index is 579. The summed E-state index contributed by atoms with van der Waals surface area (Å²) in [7, 11) is 0. The van der Waals surface area contributed by atoms with E-state index in [4.69, 9.17) is 14.2 Å². The molecule has 2 heterocycles. The first-order valence-corrected chi connectivity index (χ1v) is 13.8. The van der Waals surface area contributed by atoms with Crippen molar-refractivity contribution in [2.24, 2.45) is 0 Å². The summed E-state index contributed by atoms with van der Waals surface area (Å²) in [6.45, 7) is 19.8. The number of hydrogen-bond donors (Lipinski definition) is 1. The molecule has 200 valence electrons. The Balaban J connectivity index is 0.000000518. The van der Waals surface area contributed by atoms with Crippen LogP contribution in [0.15, 0.2) is 0 Å². The van der Waals surface area contributed by atoms with Crippen molar-refractivity contribution in [2.45, 2.75) is 79.1 Å².